The van der Waals surface area contributed by atoms with Gasteiger partial charge in [-0.25, -0.2) is 0 Å². The minimum Gasteiger partial charge on any atom is -0.489 e. The Morgan fingerprint density at radius 3 is 2.67 bits per heavy atom. The Morgan fingerprint density at radius 1 is 1.39 bits per heavy atom. The van der Waals surface area contributed by atoms with Gasteiger partial charge in [-0.1, -0.05) is 17.7 Å². The van der Waals surface area contributed by atoms with Gasteiger partial charge in [-0.05, 0) is 6.07 Å². The predicted octanol–water partition coefficient (Wildman–Crippen LogP) is 1.63. The molecular formula is C12H14ClNO4. The topological polar surface area (TPSA) is 81.8 Å². The average Bonchev–Trinajstić information content (AvgIpc) is 2.58. The number of carbonyl (C=O) groups is 1. The van der Waals surface area contributed by atoms with Gasteiger partial charge in [0, 0.05) is 18.5 Å². The van der Waals surface area contributed by atoms with Crippen LogP contribution in [0.2, 0.25) is 5.02 Å². The summed E-state index contributed by atoms with van der Waals surface area (Å²) in [5.41, 5.74) is 6.01. The number of fused-ring (bicyclic) bond motifs is 1. The molecule has 1 unspecified atom stereocenters. The lowest BCUT2D eigenvalue weighted by molar-refractivity contribution is -0.138. The number of hydrogen-bond acceptors (Lipinski definition) is 4. The summed E-state index contributed by atoms with van der Waals surface area (Å²) in [6.07, 6.45) is 0.727. The Morgan fingerprint density at radius 2 is 2.06 bits per heavy atom. The number of benzene rings is 1. The van der Waals surface area contributed by atoms with Crippen LogP contribution in [0.3, 0.4) is 0 Å². The van der Waals surface area contributed by atoms with Crippen molar-refractivity contribution >= 4 is 17.6 Å². The van der Waals surface area contributed by atoms with E-state index in [2.05, 4.69) is 0 Å². The summed E-state index contributed by atoms with van der Waals surface area (Å²) in [5, 5.41) is 9.57. The molecule has 6 heteroatoms. The van der Waals surface area contributed by atoms with Crippen molar-refractivity contribution in [1.82, 2.24) is 0 Å². The van der Waals surface area contributed by atoms with Crippen molar-refractivity contribution in [3.8, 4) is 11.5 Å². The predicted molar refractivity (Wildman–Crippen MR) is 66.5 cm³/mol. The standard InChI is InChI=1S/C12H14ClNO4/c13-9-3-2-7(8(6-14)12(15)16)10-11(9)18-5-1-4-17-10/h2-3,8H,1,4-6,14H2,(H,15,16). The number of carboxylic acids is 1. The van der Waals surface area contributed by atoms with Crippen molar-refractivity contribution in [3.63, 3.8) is 0 Å². The van der Waals surface area contributed by atoms with E-state index in [0.717, 1.165) is 6.42 Å². The van der Waals surface area contributed by atoms with E-state index in [1.165, 1.54) is 0 Å². The molecule has 18 heavy (non-hydrogen) atoms. The molecule has 1 aliphatic heterocycles. The molecule has 0 saturated carbocycles. The van der Waals surface area contributed by atoms with Crippen LogP contribution in [0.4, 0.5) is 0 Å². The van der Waals surface area contributed by atoms with Crippen molar-refractivity contribution in [1.29, 1.82) is 0 Å². The van der Waals surface area contributed by atoms with E-state index in [1.54, 1.807) is 12.1 Å². The van der Waals surface area contributed by atoms with E-state index in [4.69, 9.17) is 31.9 Å². The summed E-state index contributed by atoms with van der Waals surface area (Å²) in [7, 11) is 0. The number of aliphatic carboxylic acids is 1. The van der Waals surface area contributed by atoms with E-state index >= 15 is 0 Å². The summed E-state index contributed by atoms with van der Waals surface area (Å²) < 4.78 is 11.1. The second kappa shape index (κ2) is 5.46. The highest BCUT2D eigenvalue weighted by atomic mass is 35.5. The van der Waals surface area contributed by atoms with Crippen LogP contribution >= 0.6 is 11.6 Å². The zero-order valence-electron chi connectivity index (χ0n) is 9.69. The number of carboxylic acid groups (broad SMARTS) is 1. The summed E-state index contributed by atoms with van der Waals surface area (Å²) >= 11 is 6.03. The van der Waals surface area contributed by atoms with Gasteiger partial charge >= 0.3 is 5.97 Å². The second-order valence-electron chi connectivity index (χ2n) is 3.97. The van der Waals surface area contributed by atoms with Gasteiger partial charge in [0.25, 0.3) is 0 Å². The maximum Gasteiger partial charge on any atom is 0.312 e. The number of ether oxygens (including phenoxy) is 2. The fraction of sp³-hybridized carbons (Fsp3) is 0.417. The van der Waals surface area contributed by atoms with Crippen LogP contribution < -0.4 is 15.2 Å². The third-order valence-corrected chi connectivity index (χ3v) is 3.08. The molecule has 1 heterocycles. The average molecular weight is 272 g/mol. The highest BCUT2D eigenvalue weighted by molar-refractivity contribution is 6.32. The Balaban J connectivity index is 2.51. The molecule has 0 radical (unpaired) electrons. The van der Waals surface area contributed by atoms with Gasteiger partial charge < -0.3 is 20.3 Å². The number of rotatable bonds is 3. The molecule has 3 N–H and O–H groups in total. The van der Waals surface area contributed by atoms with Crippen LogP contribution in [-0.4, -0.2) is 30.8 Å². The van der Waals surface area contributed by atoms with E-state index in [-0.39, 0.29) is 6.54 Å². The van der Waals surface area contributed by atoms with Crippen molar-refractivity contribution in [2.75, 3.05) is 19.8 Å². The lowest BCUT2D eigenvalue weighted by Gasteiger charge is -2.17. The molecular weight excluding hydrogens is 258 g/mol. The van der Waals surface area contributed by atoms with E-state index in [9.17, 15) is 4.79 Å². The second-order valence-corrected chi connectivity index (χ2v) is 4.38. The van der Waals surface area contributed by atoms with E-state index in [1.807, 2.05) is 0 Å². The largest absolute Gasteiger partial charge is 0.489 e. The number of nitrogens with two attached hydrogens (primary N) is 1. The Kier molecular flexibility index (Phi) is 3.93. The van der Waals surface area contributed by atoms with Crippen LogP contribution in [0.1, 0.15) is 17.9 Å². The smallest absolute Gasteiger partial charge is 0.312 e. The third-order valence-electron chi connectivity index (χ3n) is 2.79. The first kappa shape index (κ1) is 13.0. The van der Waals surface area contributed by atoms with E-state index in [0.29, 0.717) is 35.3 Å². The highest BCUT2D eigenvalue weighted by Gasteiger charge is 2.27. The summed E-state index contributed by atoms with van der Waals surface area (Å²) in [6.45, 7) is 0.959. The van der Waals surface area contributed by atoms with Gasteiger partial charge in [0.1, 0.15) is 0 Å². The summed E-state index contributed by atoms with van der Waals surface area (Å²) in [6, 6.07) is 3.23. The molecule has 0 spiro atoms. The molecule has 5 nitrogen and oxygen atoms in total. The Labute approximate surface area is 109 Å². The van der Waals surface area contributed by atoms with Crippen LogP contribution in [0.15, 0.2) is 12.1 Å². The molecule has 1 atom stereocenters. The lowest BCUT2D eigenvalue weighted by atomic mass is 9.98. The van der Waals surface area contributed by atoms with Gasteiger partial charge in [-0.15, -0.1) is 0 Å². The molecule has 0 bridgehead atoms. The zero-order valence-corrected chi connectivity index (χ0v) is 10.4. The quantitative estimate of drug-likeness (QED) is 0.873. The van der Waals surface area contributed by atoms with Crippen molar-refractivity contribution in [2.24, 2.45) is 5.73 Å². The molecule has 1 aromatic rings. The Bertz CT molecular complexity index is 464. The fourth-order valence-electron chi connectivity index (χ4n) is 1.88. The summed E-state index contributed by atoms with van der Waals surface area (Å²) in [4.78, 5) is 11.2. The monoisotopic (exact) mass is 271 g/mol. The maximum atomic E-state index is 11.2. The molecule has 0 fully saturated rings. The molecule has 0 aliphatic carbocycles. The fourth-order valence-corrected chi connectivity index (χ4v) is 2.08. The van der Waals surface area contributed by atoms with Gasteiger partial charge in [-0.2, -0.15) is 0 Å². The molecule has 1 aliphatic rings. The van der Waals surface area contributed by atoms with Gasteiger partial charge in [0.2, 0.25) is 0 Å². The molecule has 1 aromatic carbocycles. The molecule has 0 amide bonds. The van der Waals surface area contributed by atoms with Crippen LogP contribution in [0.5, 0.6) is 11.5 Å². The van der Waals surface area contributed by atoms with E-state index < -0.39 is 11.9 Å². The zero-order chi connectivity index (χ0) is 13.1. The number of halogens is 1. The SMILES string of the molecule is NCC(C(=O)O)c1ccc(Cl)c2c1OCCCO2. The highest BCUT2D eigenvalue weighted by Crippen LogP contribution is 2.42. The number of hydrogen-bond donors (Lipinski definition) is 2. The minimum absolute atomic E-state index is 0.00718. The van der Waals surface area contributed by atoms with Crippen LogP contribution in [-0.2, 0) is 4.79 Å². The van der Waals surface area contributed by atoms with Crippen molar-refractivity contribution < 1.29 is 19.4 Å². The van der Waals surface area contributed by atoms with Crippen LogP contribution in [0, 0.1) is 0 Å². The first-order valence-electron chi connectivity index (χ1n) is 5.66. The van der Waals surface area contributed by atoms with Gasteiger partial charge in [-0.3, -0.25) is 4.79 Å². The first-order valence-corrected chi connectivity index (χ1v) is 6.03. The normalized spacial score (nSPS) is 15.9. The Hall–Kier alpha value is -1.46. The molecule has 2 rings (SSSR count). The van der Waals surface area contributed by atoms with Gasteiger partial charge in [0.15, 0.2) is 11.5 Å². The first-order chi connectivity index (χ1) is 8.65. The molecule has 0 aromatic heterocycles. The summed E-state index contributed by atoms with van der Waals surface area (Å²) in [5.74, 6) is -1.00. The minimum atomic E-state index is -0.991. The molecule has 0 saturated heterocycles. The third kappa shape index (κ3) is 2.37. The molecule has 98 valence electrons. The maximum absolute atomic E-state index is 11.2. The van der Waals surface area contributed by atoms with Crippen molar-refractivity contribution in [3.05, 3.63) is 22.7 Å². The van der Waals surface area contributed by atoms with Crippen molar-refractivity contribution in [2.45, 2.75) is 12.3 Å². The van der Waals surface area contributed by atoms with Gasteiger partial charge in [0.05, 0.1) is 24.2 Å². The van der Waals surface area contributed by atoms with Crippen LogP contribution in [0.25, 0.3) is 0 Å². The lowest BCUT2D eigenvalue weighted by Crippen LogP contribution is -2.22.